The zero-order valence-corrected chi connectivity index (χ0v) is 21.8. The van der Waals surface area contributed by atoms with Crippen LogP contribution in [-0.4, -0.2) is 15.7 Å². The number of anilines is 1. The lowest BCUT2D eigenvalue weighted by Gasteiger charge is -2.12. The summed E-state index contributed by atoms with van der Waals surface area (Å²) in [7, 11) is 0. The number of carbonyl (C=O) groups excluding carboxylic acids is 1. The molecule has 0 unspecified atom stereocenters. The number of allylic oxidation sites excluding steroid dienone is 1. The van der Waals surface area contributed by atoms with Crippen molar-refractivity contribution in [1.82, 2.24) is 9.78 Å². The number of hydrogen-bond donors (Lipinski definition) is 2. The normalized spacial score (nSPS) is 13.6. The maximum Gasteiger partial charge on any atom is 0.435 e. The number of halogens is 4. The maximum atomic E-state index is 13.5. The van der Waals surface area contributed by atoms with Crippen molar-refractivity contribution in [3.05, 3.63) is 119 Å². The van der Waals surface area contributed by atoms with Crippen molar-refractivity contribution in [2.45, 2.75) is 32.0 Å². The van der Waals surface area contributed by atoms with E-state index >= 15 is 0 Å². The molecule has 1 fully saturated rings. The first kappa shape index (κ1) is 28.1. The van der Waals surface area contributed by atoms with Crippen molar-refractivity contribution in [3.8, 4) is 5.69 Å². The number of nitrogens with one attached hydrogen (secondary N) is 1. The number of alkyl halides is 3. The smallest absolute Gasteiger partial charge is 0.326 e. The Balaban J connectivity index is 0.00000353. The number of benzene rings is 3. The summed E-state index contributed by atoms with van der Waals surface area (Å²) in [6.07, 6.45) is 0.959. The van der Waals surface area contributed by atoms with Gasteiger partial charge in [0.15, 0.2) is 5.69 Å². The quantitative estimate of drug-likeness (QED) is 0.242. The summed E-state index contributed by atoms with van der Waals surface area (Å²) in [5, 5.41) is 6.47. The van der Waals surface area contributed by atoms with Crippen molar-refractivity contribution < 1.29 is 18.0 Å². The molecule has 5 nitrogen and oxygen atoms in total. The zero-order valence-electron chi connectivity index (χ0n) is 21.0. The van der Waals surface area contributed by atoms with E-state index in [-0.39, 0.29) is 24.6 Å². The molecule has 0 radical (unpaired) electrons. The molecule has 3 aromatic carbocycles. The predicted molar refractivity (Wildman–Crippen MR) is 149 cm³/mol. The van der Waals surface area contributed by atoms with Gasteiger partial charge in [0, 0.05) is 18.3 Å². The van der Waals surface area contributed by atoms with Crippen LogP contribution in [0, 0.1) is 5.92 Å². The van der Waals surface area contributed by atoms with Crippen LogP contribution < -0.4 is 11.1 Å². The number of hydrogen-bond acceptors (Lipinski definition) is 3. The Hall–Kier alpha value is -3.88. The van der Waals surface area contributed by atoms with E-state index in [1.165, 1.54) is 12.8 Å². The van der Waals surface area contributed by atoms with Gasteiger partial charge in [0.05, 0.1) is 5.69 Å². The molecular weight excluding hydrogens is 525 g/mol. The van der Waals surface area contributed by atoms with Crippen molar-refractivity contribution >= 4 is 29.6 Å². The van der Waals surface area contributed by atoms with E-state index in [2.05, 4.69) is 16.5 Å². The van der Waals surface area contributed by atoms with Crippen LogP contribution in [0.3, 0.4) is 0 Å². The molecule has 0 bridgehead atoms. The fourth-order valence-electron chi connectivity index (χ4n) is 4.31. The molecule has 1 aliphatic rings. The Kier molecular flexibility index (Phi) is 8.57. The van der Waals surface area contributed by atoms with Crippen LogP contribution in [0.25, 0.3) is 11.3 Å². The predicted octanol–water partition coefficient (Wildman–Crippen LogP) is 7.26. The summed E-state index contributed by atoms with van der Waals surface area (Å²) < 4.78 is 41.6. The summed E-state index contributed by atoms with van der Waals surface area (Å²) in [4.78, 5) is 13.3. The number of amides is 1. The van der Waals surface area contributed by atoms with Crippen LogP contribution in [0.15, 0.2) is 91.0 Å². The van der Waals surface area contributed by atoms with Gasteiger partial charge in [0.2, 0.25) is 0 Å². The molecule has 202 valence electrons. The average molecular weight is 553 g/mol. The second-order valence-electron chi connectivity index (χ2n) is 9.40. The molecule has 1 aromatic heterocycles. The molecule has 1 aliphatic carbocycles. The van der Waals surface area contributed by atoms with Crippen LogP contribution in [0.2, 0.25) is 0 Å². The molecule has 5 rings (SSSR count). The van der Waals surface area contributed by atoms with Crippen molar-refractivity contribution in [1.29, 1.82) is 0 Å². The summed E-state index contributed by atoms with van der Waals surface area (Å²) >= 11 is 0. The highest BCUT2D eigenvalue weighted by Crippen LogP contribution is 2.35. The summed E-state index contributed by atoms with van der Waals surface area (Å²) in [6.45, 7) is 0.202. The molecule has 1 amide bonds. The molecular formula is C30H28ClF3N4O. The second-order valence-corrected chi connectivity index (χ2v) is 9.40. The Bertz CT molecular complexity index is 1480. The van der Waals surface area contributed by atoms with E-state index < -0.39 is 17.8 Å². The monoisotopic (exact) mass is 552 g/mol. The van der Waals surface area contributed by atoms with Gasteiger partial charge in [-0.2, -0.15) is 18.3 Å². The lowest BCUT2D eigenvalue weighted by atomic mass is 9.96. The van der Waals surface area contributed by atoms with Gasteiger partial charge in [-0.15, -0.1) is 12.4 Å². The fraction of sp³-hybridized carbons (Fsp3) is 0.200. The van der Waals surface area contributed by atoms with Gasteiger partial charge >= 0.3 is 6.18 Å². The lowest BCUT2D eigenvalue weighted by Crippen LogP contribution is -2.17. The molecule has 1 heterocycles. The van der Waals surface area contributed by atoms with Crippen LogP contribution >= 0.6 is 12.4 Å². The van der Waals surface area contributed by atoms with Crippen LogP contribution in [0.4, 0.5) is 18.9 Å². The fourth-order valence-corrected chi connectivity index (χ4v) is 4.31. The Morgan fingerprint density at radius 1 is 0.974 bits per heavy atom. The Morgan fingerprint density at radius 2 is 1.69 bits per heavy atom. The minimum atomic E-state index is -4.71. The van der Waals surface area contributed by atoms with Gasteiger partial charge in [-0.3, -0.25) is 4.79 Å². The van der Waals surface area contributed by atoms with Crippen molar-refractivity contribution in [3.63, 3.8) is 0 Å². The highest BCUT2D eigenvalue weighted by molar-refractivity contribution is 6.04. The van der Waals surface area contributed by atoms with E-state index in [1.807, 2.05) is 48.5 Å². The molecule has 0 aliphatic heterocycles. The van der Waals surface area contributed by atoms with E-state index in [0.717, 1.165) is 33.9 Å². The topological polar surface area (TPSA) is 72.9 Å². The van der Waals surface area contributed by atoms with Crippen LogP contribution in [0.1, 0.15) is 52.1 Å². The first-order valence-corrected chi connectivity index (χ1v) is 12.5. The second kappa shape index (κ2) is 11.9. The lowest BCUT2D eigenvalue weighted by molar-refractivity contribution is -0.141. The third-order valence-electron chi connectivity index (χ3n) is 6.49. The molecule has 39 heavy (non-hydrogen) atoms. The van der Waals surface area contributed by atoms with Gasteiger partial charge < -0.3 is 11.1 Å². The molecule has 3 N–H and O–H groups in total. The standard InChI is InChI=1S/C30H27F3N4O.ClH/c31-30(32,33)28-18-27(37(36-28)25-11-4-6-21(16-25)19-34)29(38)35-24-10-5-9-23(17-24)26(15-14-20-12-13-20)22-7-2-1-3-8-22;/h1-11,15-18,20H,12-14,19,34H2,(H,35,38);1H. The van der Waals surface area contributed by atoms with E-state index in [1.54, 1.807) is 30.3 Å². The number of rotatable bonds is 8. The van der Waals surface area contributed by atoms with E-state index in [9.17, 15) is 18.0 Å². The van der Waals surface area contributed by atoms with Crippen molar-refractivity contribution in [2.24, 2.45) is 11.7 Å². The average Bonchev–Trinajstić information content (AvgIpc) is 3.63. The molecule has 4 aromatic rings. The molecule has 0 spiro atoms. The van der Waals surface area contributed by atoms with Gasteiger partial charge in [0.25, 0.3) is 5.91 Å². The van der Waals surface area contributed by atoms with Crippen molar-refractivity contribution in [2.75, 3.05) is 5.32 Å². The summed E-state index contributed by atoms with van der Waals surface area (Å²) in [6, 6.07) is 24.7. The minimum Gasteiger partial charge on any atom is -0.326 e. The van der Waals surface area contributed by atoms with E-state index in [0.29, 0.717) is 22.9 Å². The summed E-state index contributed by atoms with van der Waals surface area (Å²) in [5.74, 6) is 0.00371. The van der Waals surface area contributed by atoms with Gasteiger partial charge in [-0.05, 0) is 71.7 Å². The molecule has 1 saturated carbocycles. The third-order valence-corrected chi connectivity index (χ3v) is 6.49. The number of aromatic nitrogens is 2. The minimum absolute atomic E-state index is 0. The van der Waals surface area contributed by atoms with Gasteiger partial charge in [-0.25, -0.2) is 4.68 Å². The van der Waals surface area contributed by atoms with Gasteiger partial charge in [-0.1, -0.05) is 60.7 Å². The van der Waals surface area contributed by atoms with E-state index in [4.69, 9.17) is 5.73 Å². The number of nitrogens with zero attached hydrogens (tertiary/aromatic N) is 2. The maximum absolute atomic E-state index is 13.5. The Labute approximate surface area is 230 Å². The Morgan fingerprint density at radius 3 is 2.38 bits per heavy atom. The molecule has 0 saturated heterocycles. The van der Waals surface area contributed by atoms with Crippen LogP contribution in [0.5, 0.6) is 0 Å². The highest BCUT2D eigenvalue weighted by Gasteiger charge is 2.36. The van der Waals surface area contributed by atoms with Crippen LogP contribution in [-0.2, 0) is 12.7 Å². The first-order valence-electron chi connectivity index (χ1n) is 12.5. The van der Waals surface area contributed by atoms with Gasteiger partial charge in [0.1, 0.15) is 5.69 Å². The molecule has 0 atom stereocenters. The molecule has 9 heteroatoms. The first-order chi connectivity index (χ1) is 18.3. The number of carbonyl (C=O) groups is 1. The number of nitrogens with two attached hydrogens (primary N) is 1. The summed E-state index contributed by atoms with van der Waals surface area (Å²) in [5.41, 5.74) is 8.83. The highest BCUT2D eigenvalue weighted by atomic mass is 35.5. The SMILES string of the molecule is Cl.NCc1cccc(-n2nc(C(F)(F)F)cc2C(=O)Nc2cccc(C(=CCC3CC3)c3ccccc3)c2)c1. The zero-order chi connectivity index (χ0) is 26.7. The largest absolute Gasteiger partial charge is 0.435 e. The third kappa shape index (κ3) is 6.77.